The Balaban J connectivity index is 1.74. The van der Waals surface area contributed by atoms with E-state index in [4.69, 9.17) is 5.73 Å². The zero-order chi connectivity index (χ0) is 15.3. The standard InChI is InChI=1S/C16H32N4O/c1-18-16(15(17)21)8-5-6-14(16)7-11-19(2)12-13-20-9-3-4-10-20/h14,18H,3-13H2,1-2H3,(H2,17,21). The van der Waals surface area contributed by atoms with Crippen molar-refractivity contribution in [2.75, 3.05) is 46.8 Å². The summed E-state index contributed by atoms with van der Waals surface area (Å²) >= 11 is 0. The molecule has 0 aromatic rings. The molecule has 122 valence electrons. The van der Waals surface area contributed by atoms with Crippen LogP contribution < -0.4 is 11.1 Å². The third-order valence-electron chi connectivity index (χ3n) is 5.56. The summed E-state index contributed by atoms with van der Waals surface area (Å²) in [6.45, 7) is 5.88. The van der Waals surface area contributed by atoms with Crippen molar-refractivity contribution in [3.8, 4) is 0 Å². The molecule has 2 aliphatic rings. The van der Waals surface area contributed by atoms with Gasteiger partial charge >= 0.3 is 0 Å². The van der Waals surface area contributed by atoms with E-state index in [2.05, 4.69) is 22.2 Å². The number of nitrogens with one attached hydrogen (secondary N) is 1. The number of likely N-dealkylation sites (N-methyl/N-ethyl adjacent to an activating group) is 2. The van der Waals surface area contributed by atoms with Gasteiger partial charge in [0.25, 0.3) is 0 Å². The van der Waals surface area contributed by atoms with Gasteiger partial charge in [0.15, 0.2) is 0 Å². The van der Waals surface area contributed by atoms with Crippen LogP contribution in [0.4, 0.5) is 0 Å². The Morgan fingerprint density at radius 1 is 1.33 bits per heavy atom. The molecule has 1 amide bonds. The Labute approximate surface area is 129 Å². The van der Waals surface area contributed by atoms with Gasteiger partial charge in [0.2, 0.25) is 5.91 Å². The molecule has 1 saturated heterocycles. The molecule has 3 N–H and O–H groups in total. The summed E-state index contributed by atoms with van der Waals surface area (Å²) in [5, 5.41) is 3.23. The second-order valence-corrected chi connectivity index (χ2v) is 6.82. The van der Waals surface area contributed by atoms with Crippen LogP contribution in [0.1, 0.15) is 38.5 Å². The average Bonchev–Trinajstić information content (AvgIpc) is 3.12. The van der Waals surface area contributed by atoms with E-state index in [1.165, 1.54) is 32.5 Å². The van der Waals surface area contributed by atoms with Crippen LogP contribution in [-0.4, -0.2) is 68.1 Å². The fourth-order valence-electron chi connectivity index (χ4n) is 4.05. The van der Waals surface area contributed by atoms with Gasteiger partial charge in [-0.1, -0.05) is 6.42 Å². The molecule has 5 nitrogen and oxygen atoms in total. The molecule has 1 saturated carbocycles. The SMILES string of the molecule is CNC1(C(N)=O)CCCC1CCN(C)CCN1CCCC1. The van der Waals surface area contributed by atoms with Crippen molar-refractivity contribution in [3.63, 3.8) is 0 Å². The number of primary amides is 1. The summed E-state index contributed by atoms with van der Waals surface area (Å²) < 4.78 is 0. The zero-order valence-electron chi connectivity index (χ0n) is 13.7. The molecular formula is C16H32N4O. The maximum absolute atomic E-state index is 11.8. The highest BCUT2D eigenvalue weighted by Crippen LogP contribution is 2.37. The number of carbonyl (C=O) groups excluding carboxylic acids is 1. The molecule has 2 rings (SSSR count). The Hall–Kier alpha value is -0.650. The molecule has 1 heterocycles. The summed E-state index contributed by atoms with van der Waals surface area (Å²) in [5.41, 5.74) is 5.20. The maximum atomic E-state index is 11.8. The average molecular weight is 296 g/mol. The van der Waals surface area contributed by atoms with E-state index in [0.29, 0.717) is 5.92 Å². The van der Waals surface area contributed by atoms with Crippen molar-refractivity contribution in [2.24, 2.45) is 11.7 Å². The molecule has 0 aromatic carbocycles. The smallest absolute Gasteiger partial charge is 0.238 e. The molecule has 2 fully saturated rings. The first-order chi connectivity index (χ1) is 10.1. The van der Waals surface area contributed by atoms with Gasteiger partial charge in [0, 0.05) is 13.1 Å². The Morgan fingerprint density at radius 3 is 2.67 bits per heavy atom. The van der Waals surface area contributed by atoms with Crippen molar-refractivity contribution in [1.29, 1.82) is 0 Å². The first kappa shape index (κ1) is 16.7. The lowest BCUT2D eigenvalue weighted by atomic mass is 9.84. The van der Waals surface area contributed by atoms with Crippen molar-refractivity contribution in [2.45, 2.75) is 44.1 Å². The molecule has 21 heavy (non-hydrogen) atoms. The molecule has 0 aromatic heterocycles. The summed E-state index contributed by atoms with van der Waals surface area (Å²) in [6, 6.07) is 0. The van der Waals surface area contributed by atoms with Crippen molar-refractivity contribution >= 4 is 5.91 Å². The number of nitrogens with zero attached hydrogens (tertiary/aromatic N) is 2. The van der Waals surface area contributed by atoms with E-state index in [1.54, 1.807) is 0 Å². The van der Waals surface area contributed by atoms with Crippen LogP contribution in [0.15, 0.2) is 0 Å². The van der Waals surface area contributed by atoms with Gasteiger partial charge in [-0.15, -0.1) is 0 Å². The number of amides is 1. The Morgan fingerprint density at radius 2 is 2.05 bits per heavy atom. The summed E-state index contributed by atoms with van der Waals surface area (Å²) in [7, 11) is 4.07. The fourth-order valence-corrected chi connectivity index (χ4v) is 4.05. The molecule has 5 heteroatoms. The van der Waals surface area contributed by atoms with Gasteiger partial charge in [0.05, 0.1) is 0 Å². The quantitative estimate of drug-likeness (QED) is 0.690. The molecule has 0 radical (unpaired) electrons. The first-order valence-corrected chi connectivity index (χ1v) is 8.48. The van der Waals surface area contributed by atoms with Gasteiger partial charge < -0.3 is 20.9 Å². The first-order valence-electron chi connectivity index (χ1n) is 8.48. The van der Waals surface area contributed by atoms with Crippen LogP contribution in [-0.2, 0) is 4.79 Å². The van der Waals surface area contributed by atoms with Crippen LogP contribution in [0.3, 0.4) is 0 Å². The number of rotatable bonds is 8. The van der Waals surface area contributed by atoms with Crippen molar-refractivity contribution < 1.29 is 4.79 Å². The highest BCUT2D eigenvalue weighted by molar-refractivity contribution is 5.85. The van der Waals surface area contributed by atoms with E-state index in [-0.39, 0.29) is 5.91 Å². The number of carbonyl (C=O) groups is 1. The third kappa shape index (κ3) is 3.96. The summed E-state index contributed by atoms with van der Waals surface area (Å²) in [6.07, 6.45) is 6.88. The molecular weight excluding hydrogens is 264 g/mol. The number of hydrogen-bond donors (Lipinski definition) is 2. The minimum atomic E-state index is -0.463. The van der Waals surface area contributed by atoms with Crippen LogP contribution in [0.25, 0.3) is 0 Å². The lowest BCUT2D eigenvalue weighted by Gasteiger charge is -2.33. The molecule has 2 unspecified atom stereocenters. The maximum Gasteiger partial charge on any atom is 0.238 e. The molecule has 2 atom stereocenters. The number of nitrogens with two attached hydrogens (primary N) is 1. The van der Waals surface area contributed by atoms with Gasteiger partial charge in [0.1, 0.15) is 5.54 Å². The van der Waals surface area contributed by atoms with E-state index in [0.717, 1.165) is 38.8 Å². The number of likely N-dealkylation sites (tertiary alicyclic amines) is 1. The fraction of sp³-hybridized carbons (Fsp3) is 0.938. The van der Waals surface area contributed by atoms with E-state index in [9.17, 15) is 4.79 Å². The molecule has 1 aliphatic carbocycles. The molecule has 0 spiro atoms. The summed E-state index contributed by atoms with van der Waals surface area (Å²) in [5.74, 6) is 0.210. The minimum absolute atomic E-state index is 0.174. The van der Waals surface area contributed by atoms with Crippen molar-refractivity contribution in [3.05, 3.63) is 0 Å². The Kier molecular flexibility index (Phi) is 6.02. The second kappa shape index (κ2) is 7.56. The zero-order valence-corrected chi connectivity index (χ0v) is 13.7. The normalized spacial score (nSPS) is 30.3. The monoisotopic (exact) mass is 296 g/mol. The third-order valence-corrected chi connectivity index (χ3v) is 5.56. The van der Waals surface area contributed by atoms with Gasteiger partial charge in [-0.2, -0.15) is 0 Å². The molecule has 0 bridgehead atoms. The lowest BCUT2D eigenvalue weighted by Crippen LogP contribution is -2.56. The van der Waals surface area contributed by atoms with E-state index in [1.807, 2.05) is 7.05 Å². The predicted octanol–water partition coefficient (Wildman–Crippen LogP) is 0.648. The highest BCUT2D eigenvalue weighted by atomic mass is 16.1. The highest BCUT2D eigenvalue weighted by Gasteiger charge is 2.46. The van der Waals surface area contributed by atoms with E-state index < -0.39 is 5.54 Å². The van der Waals surface area contributed by atoms with Gasteiger partial charge in [-0.25, -0.2) is 0 Å². The second-order valence-electron chi connectivity index (χ2n) is 6.82. The molecule has 1 aliphatic heterocycles. The summed E-state index contributed by atoms with van der Waals surface area (Å²) in [4.78, 5) is 16.8. The van der Waals surface area contributed by atoms with Gasteiger partial charge in [-0.05, 0) is 71.8 Å². The van der Waals surface area contributed by atoms with Gasteiger partial charge in [-0.3, -0.25) is 4.79 Å². The number of hydrogen-bond acceptors (Lipinski definition) is 4. The van der Waals surface area contributed by atoms with Crippen LogP contribution in [0, 0.1) is 5.92 Å². The predicted molar refractivity (Wildman–Crippen MR) is 86.1 cm³/mol. The Bertz CT molecular complexity index is 343. The van der Waals surface area contributed by atoms with Crippen LogP contribution in [0.2, 0.25) is 0 Å². The minimum Gasteiger partial charge on any atom is -0.368 e. The van der Waals surface area contributed by atoms with E-state index >= 15 is 0 Å². The largest absolute Gasteiger partial charge is 0.368 e. The van der Waals surface area contributed by atoms with Crippen molar-refractivity contribution in [1.82, 2.24) is 15.1 Å². The van der Waals surface area contributed by atoms with Crippen LogP contribution in [0.5, 0.6) is 0 Å². The lowest BCUT2D eigenvalue weighted by molar-refractivity contribution is -0.125. The van der Waals surface area contributed by atoms with Crippen LogP contribution >= 0.6 is 0 Å². The topological polar surface area (TPSA) is 61.6 Å².